The second-order valence-electron chi connectivity index (χ2n) is 7.17. The molecule has 0 bridgehead atoms. The van der Waals surface area contributed by atoms with E-state index >= 15 is 0 Å². The molecule has 1 aromatic carbocycles. The Morgan fingerprint density at radius 2 is 2.04 bits per heavy atom. The molecule has 1 aliphatic heterocycles. The molecule has 0 spiro atoms. The van der Waals surface area contributed by atoms with Gasteiger partial charge in [-0.05, 0) is 65.9 Å². The van der Waals surface area contributed by atoms with Gasteiger partial charge in [0.25, 0.3) is 10.0 Å². The summed E-state index contributed by atoms with van der Waals surface area (Å²) in [5.74, 6) is -0.0991. The summed E-state index contributed by atoms with van der Waals surface area (Å²) in [7, 11) is -3.58. The van der Waals surface area contributed by atoms with E-state index in [4.69, 9.17) is 0 Å². The number of thiophene rings is 1. The topological polar surface area (TPSA) is 66.5 Å². The number of halogens is 1. The van der Waals surface area contributed by atoms with Gasteiger partial charge in [-0.3, -0.25) is 4.79 Å². The number of aryl methyl sites for hydroxylation is 1. The third-order valence-electron chi connectivity index (χ3n) is 5.05. The van der Waals surface area contributed by atoms with E-state index in [9.17, 15) is 13.2 Å². The maximum atomic E-state index is 12.9. The normalized spacial score (nSPS) is 21.1. The molecule has 27 heavy (non-hydrogen) atoms. The van der Waals surface area contributed by atoms with Crippen LogP contribution in [-0.2, 0) is 21.4 Å². The van der Waals surface area contributed by atoms with Gasteiger partial charge in [0.2, 0.25) is 5.91 Å². The summed E-state index contributed by atoms with van der Waals surface area (Å²) < 4.78 is 28.4. The van der Waals surface area contributed by atoms with Crippen LogP contribution in [0.4, 0.5) is 0 Å². The van der Waals surface area contributed by atoms with E-state index in [1.807, 2.05) is 38.1 Å². The van der Waals surface area contributed by atoms with Crippen LogP contribution in [0.1, 0.15) is 30.9 Å². The molecule has 2 aromatic rings. The number of sulfonamides is 1. The number of hydrogen-bond donors (Lipinski definition) is 1. The van der Waals surface area contributed by atoms with Gasteiger partial charge < -0.3 is 5.32 Å². The Bertz CT molecular complexity index is 942. The van der Waals surface area contributed by atoms with Crippen LogP contribution in [0.5, 0.6) is 0 Å². The third-order valence-corrected chi connectivity index (χ3v) is 8.99. The zero-order valence-electron chi connectivity index (χ0n) is 15.4. The lowest BCUT2D eigenvalue weighted by Crippen LogP contribution is -2.51. The van der Waals surface area contributed by atoms with Crippen molar-refractivity contribution in [2.75, 3.05) is 13.1 Å². The van der Waals surface area contributed by atoms with Crippen LogP contribution in [0.2, 0.25) is 0 Å². The van der Waals surface area contributed by atoms with Crippen LogP contribution in [0.15, 0.2) is 44.4 Å². The van der Waals surface area contributed by atoms with Gasteiger partial charge in [0.1, 0.15) is 4.21 Å². The van der Waals surface area contributed by atoms with Crippen molar-refractivity contribution in [1.82, 2.24) is 9.62 Å². The lowest BCUT2D eigenvalue weighted by Gasteiger charge is -2.38. The van der Waals surface area contributed by atoms with Crippen LogP contribution in [0.25, 0.3) is 0 Å². The first-order valence-electron chi connectivity index (χ1n) is 8.81. The lowest BCUT2D eigenvalue weighted by atomic mass is 9.82. The molecule has 1 atom stereocenters. The molecule has 1 aromatic heterocycles. The predicted octanol–water partition coefficient (Wildman–Crippen LogP) is 3.93. The maximum absolute atomic E-state index is 12.9. The van der Waals surface area contributed by atoms with Crippen molar-refractivity contribution in [2.45, 2.75) is 37.4 Å². The Balaban J connectivity index is 1.72. The second-order valence-corrected chi connectivity index (χ2v) is 11.8. The Kier molecular flexibility index (Phi) is 6.10. The maximum Gasteiger partial charge on any atom is 0.252 e. The molecule has 2 heterocycles. The number of carbonyl (C=O) groups is 1. The van der Waals surface area contributed by atoms with Crippen LogP contribution in [0.3, 0.4) is 0 Å². The van der Waals surface area contributed by atoms with Gasteiger partial charge in [0, 0.05) is 19.6 Å². The highest BCUT2D eigenvalue weighted by atomic mass is 79.9. The van der Waals surface area contributed by atoms with E-state index in [2.05, 4.69) is 21.2 Å². The van der Waals surface area contributed by atoms with Gasteiger partial charge in [-0.1, -0.05) is 24.3 Å². The Morgan fingerprint density at radius 3 is 2.70 bits per heavy atom. The van der Waals surface area contributed by atoms with Crippen LogP contribution >= 0.6 is 27.3 Å². The van der Waals surface area contributed by atoms with Crippen molar-refractivity contribution in [2.24, 2.45) is 5.41 Å². The molecular formula is C19H23BrN2O3S2. The summed E-state index contributed by atoms with van der Waals surface area (Å²) in [6.45, 7) is 4.96. The minimum Gasteiger partial charge on any atom is -0.352 e. The van der Waals surface area contributed by atoms with Gasteiger partial charge in [-0.25, -0.2) is 8.42 Å². The molecule has 1 aliphatic rings. The summed E-state index contributed by atoms with van der Waals surface area (Å²) >= 11 is 4.51. The van der Waals surface area contributed by atoms with Crippen molar-refractivity contribution < 1.29 is 13.2 Å². The van der Waals surface area contributed by atoms with Crippen molar-refractivity contribution in [1.29, 1.82) is 0 Å². The fourth-order valence-corrected chi connectivity index (χ4v) is 7.11. The monoisotopic (exact) mass is 470 g/mol. The number of nitrogens with zero attached hydrogens (tertiary/aromatic N) is 1. The zero-order chi connectivity index (χ0) is 19.7. The third kappa shape index (κ3) is 4.45. The van der Waals surface area contributed by atoms with E-state index < -0.39 is 15.4 Å². The number of rotatable bonds is 5. The minimum absolute atomic E-state index is 0.0991. The Labute approximate surface area is 173 Å². The molecule has 3 rings (SSSR count). The highest BCUT2D eigenvalue weighted by molar-refractivity contribution is 9.11. The number of nitrogens with one attached hydrogen (secondary N) is 1. The lowest BCUT2D eigenvalue weighted by molar-refractivity contribution is -0.132. The fraction of sp³-hybridized carbons (Fsp3) is 0.421. The molecule has 8 heteroatoms. The largest absolute Gasteiger partial charge is 0.352 e. The fourth-order valence-electron chi connectivity index (χ4n) is 3.34. The van der Waals surface area contributed by atoms with E-state index in [0.29, 0.717) is 30.1 Å². The number of carbonyl (C=O) groups excluding carboxylic acids is 1. The standard InChI is InChI=1S/C19H23BrN2O3S2/c1-14-6-3-4-7-15(14)12-21-18(23)19(2)10-5-11-22(13-19)27(24,25)17-9-8-16(20)26-17/h3-4,6-9H,5,10-13H2,1-2H3,(H,21,23). The molecule has 1 N–H and O–H groups in total. The van der Waals surface area contributed by atoms with Crippen LogP contribution < -0.4 is 5.32 Å². The van der Waals surface area contributed by atoms with Crippen molar-refractivity contribution in [3.8, 4) is 0 Å². The van der Waals surface area contributed by atoms with E-state index in [-0.39, 0.29) is 12.5 Å². The smallest absolute Gasteiger partial charge is 0.252 e. The summed E-state index contributed by atoms with van der Waals surface area (Å²) in [5, 5.41) is 3.00. The zero-order valence-corrected chi connectivity index (χ0v) is 18.6. The Hall–Kier alpha value is -1.22. The molecule has 1 fully saturated rings. The number of piperidine rings is 1. The summed E-state index contributed by atoms with van der Waals surface area (Å²) in [6, 6.07) is 11.3. The van der Waals surface area contributed by atoms with Crippen molar-refractivity contribution >= 4 is 43.2 Å². The minimum atomic E-state index is -3.58. The highest BCUT2D eigenvalue weighted by Gasteiger charge is 2.42. The molecule has 1 saturated heterocycles. The molecule has 0 aliphatic carbocycles. The van der Waals surface area contributed by atoms with E-state index in [1.165, 1.54) is 15.6 Å². The SMILES string of the molecule is Cc1ccccc1CNC(=O)C1(C)CCCN(S(=O)(=O)c2ccc(Br)s2)C1. The molecule has 5 nitrogen and oxygen atoms in total. The Morgan fingerprint density at radius 1 is 1.30 bits per heavy atom. The quantitative estimate of drug-likeness (QED) is 0.719. The molecule has 0 saturated carbocycles. The first-order valence-corrected chi connectivity index (χ1v) is 11.9. The van der Waals surface area contributed by atoms with Gasteiger partial charge in [0.15, 0.2) is 0 Å². The van der Waals surface area contributed by atoms with Crippen LogP contribution in [0, 0.1) is 12.3 Å². The van der Waals surface area contributed by atoms with E-state index in [1.54, 1.807) is 12.1 Å². The average molecular weight is 471 g/mol. The molecule has 1 unspecified atom stereocenters. The summed E-state index contributed by atoms with van der Waals surface area (Å²) in [5.41, 5.74) is 1.46. The molecule has 0 radical (unpaired) electrons. The van der Waals surface area contributed by atoms with Crippen LogP contribution in [-0.4, -0.2) is 31.7 Å². The summed E-state index contributed by atoms with van der Waals surface area (Å²) in [4.78, 5) is 12.9. The number of amides is 1. The second kappa shape index (κ2) is 8.03. The van der Waals surface area contributed by atoms with Crippen molar-refractivity contribution in [3.05, 3.63) is 51.3 Å². The van der Waals surface area contributed by atoms with Gasteiger partial charge >= 0.3 is 0 Å². The highest BCUT2D eigenvalue weighted by Crippen LogP contribution is 2.35. The molecular weight excluding hydrogens is 448 g/mol. The predicted molar refractivity (Wildman–Crippen MR) is 111 cm³/mol. The number of hydrogen-bond acceptors (Lipinski definition) is 4. The molecule has 1 amide bonds. The van der Waals surface area contributed by atoms with Crippen molar-refractivity contribution in [3.63, 3.8) is 0 Å². The van der Waals surface area contributed by atoms with E-state index in [0.717, 1.165) is 14.9 Å². The molecule has 146 valence electrons. The van der Waals surface area contributed by atoms with Gasteiger partial charge in [0.05, 0.1) is 9.20 Å². The van der Waals surface area contributed by atoms with Gasteiger partial charge in [-0.2, -0.15) is 4.31 Å². The number of benzene rings is 1. The van der Waals surface area contributed by atoms with Gasteiger partial charge in [-0.15, -0.1) is 11.3 Å². The first kappa shape index (κ1) is 20.5. The first-order chi connectivity index (χ1) is 12.7. The summed E-state index contributed by atoms with van der Waals surface area (Å²) in [6.07, 6.45) is 1.34. The average Bonchev–Trinajstić information content (AvgIpc) is 3.08.